The Bertz CT molecular complexity index is 417. The minimum absolute atomic E-state index is 0.320. The summed E-state index contributed by atoms with van der Waals surface area (Å²) in [6.45, 7) is 0.640. The van der Waals surface area contributed by atoms with E-state index < -0.39 is 17.4 Å². The minimum Gasteiger partial charge on any atom is -0.480 e. The number of nitrogens with two attached hydrogens (primary N) is 1. The van der Waals surface area contributed by atoms with Crippen molar-refractivity contribution < 1.29 is 14.6 Å². The Hall–Kier alpha value is -1.10. The highest BCUT2D eigenvalue weighted by Gasteiger charge is 2.49. The summed E-state index contributed by atoms with van der Waals surface area (Å²) in [5, 5.41) is 9.57. The third-order valence-corrected chi connectivity index (χ3v) is 3.22. The van der Waals surface area contributed by atoms with E-state index in [2.05, 4.69) is 0 Å². The van der Waals surface area contributed by atoms with Gasteiger partial charge in [0.05, 0.1) is 18.6 Å². The van der Waals surface area contributed by atoms with Crippen molar-refractivity contribution in [3.05, 3.63) is 34.9 Å². The average Bonchev–Trinajstić information content (AvgIpc) is 2.15. The number of ether oxygens (including phenoxy) is 1. The fourth-order valence-corrected chi connectivity index (χ4v) is 2.07. The van der Waals surface area contributed by atoms with Gasteiger partial charge in [-0.25, -0.2) is 0 Å². The first kappa shape index (κ1) is 11.4. The lowest BCUT2D eigenvalue weighted by Gasteiger charge is -2.44. The third kappa shape index (κ3) is 1.69. The van der Waals surface area contributed by atoms with Crippen molar-refractivity contribution in [3.63, 3.8) is 0 Å². The lowest BCUT2D eigenvalue weighted by Crippen LogP contribution is -2.61. The number of rotatable bonds is 3. The summed E-state index contributed by atoms with van der Waals surface area (Å²) in [6.07, 6.45) is 0. The lowest BCUT2D eigenvalue weighted by molar-refractivity contribution is -0.148. The van der Waals surface area contributed by atoms with Gasteiger partial charge in [0.2, 0.25) is 0 Å². The summed E-state index contributed by atoms with van der Waals surface area (Å²) >= 11 is 5.89. The molecule has 2 rings (SSSR count). The van der Waals surface area contributed by atoms with Crippen LogP contribution in [0.1, 0.15) is 5.56 Å². The summed E-state index contributed by atoms with van der Waals surface area (Å²) < 4.78 is 5.12. The Labute approximate surface area is 98.0 Å². The van der Waals surface area contributed by atoms with Crippen molar-refractivity contribution in [2.75, 3.05) is 13.2 Å². The Morgan fingerprint density at radius 1 is 1.56 bits per heavy atom. The molecule has 86 valence electrons. The number of benzene rings is 1. The third-order valence-electron chi connectivity index (χ3n) is 2.98. The van der Waals surface area contributed by atoms with Crippen molar-refractivity contribution >= 4 is 17.6 Å². The van der Waals surface area contributed by atoms with Gasteiger partial charge >= 0.3 is 5.97 Å². The number of hydrogen-bond acceptors (Lipinski definition) is 3. The smallest absolute Gasteiger partial charge is 0.321 e. The first-order valence-electron chi connectivity index (χ1n) is 4.88. The zero-order chi connectivity index (χ0) is 11.8. The Morgan fingerprint density at radius 2 is 2.25 bits per heavy atom. The molecule has 0 spiro atoms. The van der Waals surface area contributed by atoms with E-state index in [9.17, 15) is 4.79 Å². The van der Waals surface area contributed by atoms with Gasteiger partial charge in [0, 0.05) is 5.02 Å². The molecular formula is C11H12ClNO3. The molecule has 1 atom stereocenters. The summed E-state index contributed by atoms with van der Waals surface area (Å²) in [5.74, 6) is -1.02. The van der Waals surface area contributed by atoms with Gasteiger partial charge in [0.1, 0.15) is 6.04 Å². The summed E-state index contributed by atoms with van der Waals surface area (Å²) in [7, 11) is 0. The van der Waals surface area contributed by atoms with Crippen molar-refractivity contribution in [2.24, 2.45) is 5.73 Å². The highest BCUT2D eigenvalue weighted by atomic mass is 35.5. The van der Waals surface area contributed by atoms with Crippen LogP contribution in [0, 0.1) is 0 Å². The molecule has 1 aliphatic rings. The number of carboxylic acid groups (broad SMARTS) is 1. The van der Waals surface area contributed by atoms with Crippen LogP contribution in [-0.2, 0) is 14.9 Å². The maximum atomic E-state index is 11.0. The molecule has 1 fully saturated rings. The molecule has 0 amide bonds. The maximum absolute atomic E-state index is 11.0. The summed E-state index contributed by atoms with van der Waals surface area (Å²) in [5.41, 5.74) is 5.89. The van der Waals surface area contributed by atoms with Crippen molar-refractivity contribution in [2.45, 2.75) is 11.5 Å². The van der Waals surface area contributed by atoms with Gasteiger partial charge in [-0.1, -0.05) is 23.7 Å². The van der Waals surface area contributed by atoms with E-state index in [1.807, 2.05) is 6.07 Å². The number of carboxylic acids is 1. The molecular weight excluding hydrogens is 230 g/mol. The average molecular weight is 242 g/mol. The fourth-order valence-electron chi connectivity index (χ4n) is 1.88. The molecule has 1 unspecified atom stereocenters. The van der Waals surface area contributed by atoms with Crippen LogP contribution in [0.5, 0.6) is 0 Å². The van der Waals surface area contributed by atoms with Gasteiger partial charge < -0.3 is 15.6 Å². The SMILES string of the molecule is NC(C(=O)O)C1(c2cccc(Cl)c2)COC1. The zero-order valence-corrected chi connectivity index (χ0v) is 9.28. The lowest BCUT2D eigenvalue weighted by atomic mass is 9.73. The first-order valence-corrected chi connectivity index (χ1v) is 5.26. The molecule has 0 saturated carbocycles. The summed E-state index contributed by atoms with van der Waals surface area (Å²) in [4.78, 5) is 11.0. The molecule has 1 heterocycles. The van der Waals surface area contributed by atoms with E-state index in [1.54, 1.807) is 18.2 Å². The quantitative estimate of drug-likeness (QED) is 0.829. The van der Waals surface area contributed by atoms with Gasteiger partial charge in [-0.2, -0.15) is 0 Å². The van der Waals surface area contributed by atoms with E-state index in [0.717, 1.165) is 5.56 Å². The molecule has 0 radical (unpaired) electrons. The highest BCUT2D eigenvalue weighted by molar-refractivity contribution is 6.30. The molecule has 1 aliphatic heterocycles. The van der Waals surface area contributed by atoms with Crippen LogP contribution in [0.25, 0.3) is 0 Å². The largest absolute Gasteiger partial charge is 0.480 e. The van der Waals surface area contributed by atoms with E-state index in [-0.39, 0.29) is 0 Å². The second-order valence-electron chi connectivity index (χ2n) is 3.98. The monoisotopic (exact) mass is 241 g/mol. The van der Waals surface area contributed by atoms with Crippen LogP contribution in [0.15, 0.2) is 24.3 Å². The maximum Gasteiger partial charge on any atom is 0.321 e. The standard InChI is InChI=1S/C11H12ClNO3/c12-8-3-1-2-7(4-8)11(5-16-6-11)9(13)10(14)15/h1-4,9H,5-6,13H2,(H,14,15). The van der Waals surface area contributed by atoms with E-state index in [0.29, 0.717) is 18.2 Å². The Morgan fingerprint density at radius 3 is 2.69 bits per heavy atom. The molecule has 0 aliphatic carbocycles. The molecule has 0 aromatic heterocycles. The molecule has 1 aromatic rings. The second-order valence-corrected chi connectivity index (χ2v) is 4.41. The summed E-state index contributed by atoms with van der Waals surface area (Å²) in [6, 6.07) is 6.13. The van der Waals surface area contributed by atoms with E-state index >= 15 is 0 Å². The van der Waals surface area contributed by atoms with E-state index in [4.69, 9.17) is 27.2 Å². The minimum atomic E-state index is -1.02. The van der Waals surface area contributed by atoms with Crippen LogP contribution < -0.4 is 5.73 Å². The highest BCUT2D eigenvalue weighted by Crippen LogP contribution is 2.36. The molecule has 1 saturated heterocycles. The van der Waals surface area contributed by atoms with Gasteiger partial charge in [-0.05, 0) is 17.7 Å². The number of hydrogen-bond donors (Lipinski definition) is 2. The predicted octanol–water partition coefficient (Wildman–Crippen LogP) is 1.02. The van der Waals surface area contributed by atoms with Gasteiger partial charge in [0.25, 0.3) is 0 Å². The zero-order valence-electron chi connectivity index (χ0n) is 8.52. The molecule has 4 nitrogen and oxygen atoms in total. The van der Waals surface area contributed by atoms with Gasteiger partial charge in [0.15, 0.2) is 0 Å². The molecule has 1 aromatic carbocycles. The van der Waals surface area contributed by atoms with Crippen molar-refractivity contribution in [3.8, 4) is 0 Å². The fraction of sp³-hybridized carbons (Fsp3) is 0.364. The Kier molecular flexibility index (Phi) is 2.88. The van der Waals surface area contributed by atoms with Gasteiger partial charge in [-0.15, -0.1) is 0 Å². The van der Waals surface area contributed by atoms with Crippen LogP contribution in [0.3, 0.4) is 0 Å². The topological polar surface area (TPSA) is 72.6 Å². The molecule has 0 bridgehead atoms. The normalized spacial score (nSPS) is 19.9. The predicted molar refractivity (Wildman–Crippen MR) is 59.6 cm³/mol. The first-order chi connectivity index (χ1) is 7.56. The van der Waals surface area contributed by atoms with Crippen LogP contribution >= 0.6 is 11.6 Å². The molecule has 16 heavy (non-hydrogen) atoms. The second kappa shape index (κ2) is 4.05. The molecule has 3 N–H and O–H groups in total. The Balaban J connectivity index is 2.38. The van der Waals surface area contributed by atoms with Crippen molar-refractivity contribution in [1.29, 1.82) is 0 Å². The number of aliphatic carboxylic acids is 1. The van der Waals surface area contributed by atoms with Crippen molar-refractivity contribution in [1.82, 2.24) is 0 Å². The number of carbonyl (C=O) groups is 1. The van der Waals surface area contributed by atoms with Crippen LogP contribution in [0.2, 0.25) is 5.02 Å². The van der Waals surface area contributed by atoms with Crippen LogP contribution in [0.4, 0.5) is 0 Å². The number of halogens is 1. The van der Waals surface area contributed by atoms with Gasteiger partial charge in [-0.3, -0.25) is 4.79 Å². The van der Waals surface area contributed by atoms with Crippen LogP contribution in [-0.4, -0.2) is 30.3 Å². The van der Waals surface area contributed by atoms with E-state index in [1.165, 1.54) is 0 Å². The molecule has 5 heteroatoms.